The zero-order valence-electron chi connectivity index (χ0n) is 37.1. The molecule has 0 spiro atoms. The van der Waals surface area contributed by atoms with Crippen LogP contribution in [0.1, 0.15) is 84.3 Å². The monoisotopic (exact) mass is 849 g/mol. The number of carbonyl (C=O) groups excluding carboxylic acids is 3. The average molecular weight is 850 g/mol. The van der Waals surface area contributed by atoms with Crippen molar-refractivity contribution in [3.63, 3.8) is 0 Å². The lowest BCUT2D eigenvalue weighted by molar-refractivity contribution is -0.131. The number of urea groups is 1. The van der Waals surface area contributed by atoms with E-state index in [-0.39, 0.29) is 38.4 Å². The molecule has 0 bridgehead atoms. The summed E-state index contributed by atoms with van der Waals surface area (Å²) in [5.74, 6) is -0.975. The molecule has 0 radical (unpaired) electrons. The van der Waals surface area contributed by atoms with E-state index in [1.54, 1.807) is 68.8 Å². The zero-order chi connectivity index (χ0) is 45.4. The van der Waals surface area contributed by atoms with Crippen LogP contribution in [0.4, 0.5) is 9.59 Å². The third-order valence-corrected chi connectivity index (χ3v) is 11.0. The number of hydrogen-bond donors (Lipinski definition) is 6. The highest BCUT2D eigenvalue weighted by atomic mass is 16.4. The third-order valence-electron chi connectivity index (χ3n) is 11.0. The van der Waals surface area contributed by atoms with E-state index in [4.69, 9.17) is 0 Å². The molecule has 4 aromatic rings. The number of nitrogens with one attached hydrogen (secondary N) is 3. The molecule has 332 valence electrons. The number of nitrogens with zero attached hydrogens (tertiary/aromatic N) is 4. The summed E-state index contributed by atoms with van der Waals surface area (Å²) < 4.78 is 0. The second kappa shape index (κ2) is 19.9. The molecule has 0 saturated carbocycles. The van der Waals surface area contributed by atoms with Gasteiger partial charge in [0.1, 0.15) is 17.7 Å². The molecule has 2 aromatic heterocycles. The van der Waals surface area contributed by atoms with Gasteiger partial charge in [-0.2, -0.15) is 0 Å². The quantitative estimate of drug-likeness (QED) is 0.0748. The van der Waals surface area contributed by atoms with Crippen molar-refractivity contribution in [3.05, 3.63) is 120 Å². The predicted octanol–water partition coefficient (Wildman–Crippen LogP) is 5.91. The number of rotatable bonds is 17. The van der Waals surface area contributed by atoms with Crippen molar-refractivity contribution >= 4 is 23.9 Å². The number of carbonyl (C=O) groups is 4. The molecule has 1 saturated heterocycles. The smallest absolute Gasteiger partial charge is 0.405 e. The SMILES string of the molecule is CC(C)(O)c1cccc(CN2CCN([C@H](C(=O)N[C@@H](Cc3ccccc3)[C@@H](O)C[C@@H](Cc3ccc(-c4ccccn4)cc3)NC(=O)[C@@H](NC(=O)O)C(C)(C)C)C(C)(C)C)C2=O)n1. The van der Waals surface area contributed by atoms with E-state index in [1.165, 1.54) is 0 Å². The Kier molecular flexibility index (Phi) is 15.1. The molecule has 0 unspecified atom stereocenters. The second-order valence-electron chi connectivity index (χ2n) is 18.9. The van der Waals surface area contributed by atoms with Crippen molar-refractivity contribution in [1.82, 2.24) is 35.7 Å². The largest absolute Gasteiger partial charge is 0.465 e. The van der Waals surface area contributed by atoms with Crippen molar-refractivity contribution in [2.24, 2.45) is 10.8 Å². The third kappa shape index (κ3) is 12.8. The summed E-state index contributed by atoms with van der Waals surface area (Å²) in [5.41, 5.74) is 1.88. The normalized spacial score (nSPS) is 15.9. The Hall–Kier alpha value is -5.86. The standard InChI is InChI=1S/C48H63N7O7/c1-46(2,3)40(53-44(59)60)42(57)51-35(27-32-20-22-33(23-21-32)36-18-12-13-24-49-36)29-38(56)37(28-31-15-10-9-11-16-31)52-43(58)41(47(4,5)6)55-26-25-54(45(55)61)30-34-17-14-19-39(50-34)48(7,8)62/h9-24,35,37-38,40-41,53,56,62H,25-30H2,1-8H3,(H,51,57)(H,52,58)(H,59,60)/t35-,37+,38+,40-,41-/m1/s1. The number of amides is 5. The van der Waals surface area contributed by atoms with Gasteiger partial charge in [-0.25, -0.2) is 9.59 Å². The van der Waals surface area contributed by atoms with E-state index < -0.39 is 64.6 Å². The Balaban J connectivity index is 1.41. The van der Waals surface area contributed by atoms with Gasteiger partial charge in [-0.3, -0.25) is 19.6 Å². The van der Waals surface area contributed by atoms with Crippen LogP contribution in [-0.2, 0) is 34.6 Å². The van der Waals surface area contributed by atoms with Gasteiger partial charge in [-0.15, -0.1) is 0 Å². The molecular weight excluding hydrogens is 787 g/mol. The fraction of sp³-hybridized carbons (Fsp3) is 0.458. The topological polar surface area (TPSA) is 197 Å². The first-order chi connectivity index (χ1) is 29.1. The Morgan fingerprint density at radius 3 is 2.00 bits per heavy atom. The minimum atomic E-state index is -1.34. The first-order valence-electron chi connectivity index (χ1n) is 21.2. The molecule has 1 aliphatic heterocycles. The van der Waals surface area contributed by atoms with Gasteiger partial charge in [-0.1, -0.05) is 108 Å². The summed E-state index contributed by atoms with van der Waals surface area (Å²) in [5, 5.41) is 40.9. The van der Waals surface area contributed by atoms with Gasteiger partial charge in [0.05, 0.1) is 35.8 Å². The minimum absolute atomic E-state index is 0.00274. The number of carboxylic acid groups (broad SMARTS) is 1. The summed E-state index contributed by atoms with van der Waals surface area (Å²) in [6.07, 6.45) is -0.272. The van der Waals surface area contributed by atoms with Gasteiger partial charge in [0, 0.05) is 30.9 Å². The average Bonchev–Trinajstić information content (AvgIpc) is 3.54. The fourth-order valence-corrected chi connectivity index (χ4v) is 7.87. The van der Waals surface area contributed by atoms with E-state index in [0.29, 0.717) is 17.9 Å². The van der Waals surface area contributed by atoms with Gasteiger partial charge in [-0.05, 0) is 79.3 Å². The number of hydrogen-bond acceptors (Lipinski definition) is 8. The van der Waals surface area contributed by atoms with Crippen LogP contribution in [0.25, 0.3) is 11.3 Å². The molecule has 14 heteroatoms. The van der Waals surface area contributed by atoms with Crippen LogP contribution in [-0.4, -0.2) is 102 Å². The number of benzene rings is 2. The zero-order valence-corrected chi connectivity index (χ0v) is 37.1. The molecule has 5 atom stereocenters. The molecule has 1 aliphatic rings. The minimum Gasteiger partial charge on any atom is -0.465 e. The summed E-state index contributed by atoms with van der Waals surface area (Å²) in [6.45, 7) is 15.1. The van der Waals surface area contributed by atoms with Gasteiger partial charge in [0.15, 0.2) is 0 Å². The van der Waals surface area contributed by atoms with Gasteiger partial charge in [0.2, 0.25) is 11.8 Å². The van der Waals surface area contributed by atoms with Crippen molar-refractivity contribution in [1.29, 1.82) is 0 Å². The lowest BCUT2D eigenvalue weighted by atomic mass is 9.84. The number of aromatic nitrogens is 2. The summed E-state index contributed by atoms with van der Waals surface area (Å²) in [6, 6.07) is 24.3. The second-order valence-corrected chi connectivity index (χ2v) is 18.9. The number of pyridine rings is 2. The Morgan fingerprint density at radius 2 is 1.40 bits per heavy atom. The maximum Gasteiger partial charge on any atom is 0.405 e. The predicted molar refractivity (Wildman–Crippen MR) is 238 cm³/mol. The summed E-state index contributed by atoms with van der Waals surface area (Å²) in [7, 11) is 0. The summed E-state index contributed by atoms with van der Waals surface area (Å²) in [4.78, 5) is 66.7. The molecule has 62 heavy (non-hydrogen) atoms. The first-order valence-corrected chi connectivity index (χ1v) is 21.2. The first kappa shape index (κ1) is 47.2. The van der Waals surface area contributed by atoms with Crippen molar-refractivity contribution in [2.45, 2.75) is 117 Å². The Bertz CT molecular complexity index is 2130. The van der Waals surface area contributed by atoms with Crippen molar-refractivity contribution in [3.8, 4) is 11.3 Å². The van der Waals surface area contributed by atoms with Crippen LogP contribution in [0.2, 0.25) is 0 Å². The highest BCUT2D eigenvalue weighted by molar-refractivity contribution is 5.89. The maximum atomic E-state index is 14.6. The van der Waals surface area contributed by atoms with E-state index in [2.05, 4.69) is 25.9 Å². The van der Waals surface area contributed by atoms with Crippen molar-refractivity contribution in [2.75, 3.05) is 13.1 Å². The lowest BCUT2D eigenvalue weighted by Crippen LogP contribution is -2.59. The molecular formula is C48H63N7O7. The van der Waals surface area contributed by atoms with Crippen LogP contribution < -0.4 is 16.0 Å². The molecule has 5 rings (SSSR count). The fourth-order valence-electron chi connectivity index (χ4n) is 7.87. The van der Waals surface area contributed by atoms with Crippen LogP contribution in [0.15, 0.2) is 97.2 Å². The van der Waals surface area contributed by atoms with Crippen LogP contribution in [0.5, 0.6) is 0 Å². The lowest BCUT2D eigenvalue weighted by Gasteiger charge is -2.38. The van der Waals surface area contributed by atoms with Crippen LogP contribution in [0.3, 0.4) is 0 Å². The molecule has 0 aliphatic carbocycles. The molecule has 5 amide bonds. The Labute approximate surface area is 365 Å². The highest BCUT2D eigenvalue weighted by Gasteiger charge is 2.44. The number of aliphatic hydroxyl groups is 2. The summed E-state index contributed by atoms with van der Waals surface area (Å²) >= 11 is 0. The van der Waals surface area contributed by atoms with E-state index in [9.17, 15) is 34.5 Å². The maximum absolute atomic E-state index is 14.6. The molecule has 6 N–H and O–H groups in total. The Morgan fingerprint density at radius 1 is 0.742 bits per heavy atom. The van der Waals surface area contributed by atoms with E-state index in [0.717, 1.165) is 22.4 Å². The van der Waals surface area contributed by atoms with Crippen LogP contribution >= 0.6 is 0 Å². The van der Waals surface area contributed by atoms with Gasteiger partial charge in [0.25, 0.3) is 0 Å². The van der Waals surface area contributed by atoms with E-state index >= 15 is 0 Å². The van der Waals surface area contributed by atoms with Gasteiger partial charge < -0.3 is 41.1 Å². The molecule has 1 fully saturated rings. The molecule has 14 nitrogen and oxygen atoms in total. The van der Waals surface area contributed by atoms with Crippen LogP contribution in [0, 0.1) is 10.8 Å². The highest BCUT2D eigenvalue weighted by Crippen LogP contribution is 2.30. The number of aliphatic hydroxyl groups excluding tert-OH is 1. The van der Waals surface area contributed by atoms with Gasteiger partial charge >= 0.3 is 12.1 Å². The van der Waals surface area contributed by atoms with Crippen molar-refractivity contribution < 1.29 is 34.5 Å². The molecule has 3 heterocycles. The molecule has 2 aromatic carbocycles. The van der Waals surface area contributed by atoms with E-state index in [1.807, 2.05) is 93.6 Å².